The summed E-state index contributed by atoms with van der Waals surface area (Å²) in [5.74, 6) is 0.657. The molecule has 0 N–H and O–H groups in total. The average Bonchev–Trinajstić information content (AvgIpc) is 2.87. The number of ether oxygens (including phenoxy) is 2. The lowest BCUT2D eigenvalue weighted by Crippen LogP contribution is -2.23. The molecule has 38 heavy (non-hydrogen) atoms. The van der Waals surface area contributed by atoms with Crippen molar-refractivity contribution in [1.82, 2.24) is 0 Å². The maximum absolute atomic E-state index is 12.7. The summed E-state index contributed by atoms with van der Waals surface area (Å²) in [5, 5.41) is -0.646. The summed E-state index contributed by atoms with van der Waals surface area (Å²) in [4.78, 5) is 37.1. The third-order valence-electron chi connectivity index (χ3n) is 6.52. The van der Waals surface area contributed by atoms with Crippen LogP contribution >= 0.6 is 23.5 Å². The fourth-order valence-corrected chi connectivity index (χ4v) is 6.22. The Bertz CT molecular complexity index is 730. The van der Waals surface area contributed by atoms with Gasteiger partial charge in [0.05, 0.1) is 13.7 Å². The van der Waals surface area contributed by atoms with Crippen LogP contribution in [0.15, 0.2) is 23.3 Å². The molecule has 5 nitrogen and oxygen atoms in total. The van der Waals surface area contributed by atoms with Crippen LogP contribution in [0.1, 0.15) is 119 Å². The molecular formula is C31H54O5S2. The van der Waals surface area contributed by atoms with E-state index < -0.39 is 5.25 Å². The van der Waals surface area contributed by atoms with E-state index >= 15 is 0 Å². The molecule has 7 heteroatoms. The van der Waals surface area contributed by atoms with E-state index in [2.05, 4.69) is 20.8 Å². The van der Waals surface area contributed by atoms with Crippen LogP contribution in [0.3, 0.4) is 0 Å². The molecule has 220 valence electrons. The Morgan fingerprint density at radius 1 is 0.842 bits per heavy atom. The number of thioether (sulfide) groups is 2. The molecule has 0 aliphatic rings. The fourth-order valence-electron chi connectivity index (χ4n) is 4.26. The third-order valence-corrected chi connectivity index (χ3v) is 8.88. The van der Waals surface area contributed by atoms with Crippen LogP contribution < -0.4 is 0 Å². The molecule has 2 atom stereocenters. The van der Waals surface area contributed by atoms with Crippen molar-refractivity contribution in [1.29, 1.82) is 0 Å². The van der Waals surface area contributed by atoms with Gasteiger partial charge in [-0.15, -0.1) is 0 Å². The van der Waals surface area contributed by atoms with Gasteiger partial charge in [-0.1, -0.05) is 119 Å². The topological polar surface area (TPSA) is 69.7 Å². The number of carbonyl (C=O) groups excluding carboxylic acids is 3. The van der Waals surface area contributed by atoms with Crippen molar-refractivity contribution in [2.75, 3.05) is 19.5 Å². The second kappa shape index (κ2) is 23.7. The summed E-state index contributed by atoms with van der Waals surface area (Å²) < 4.78 is 10.0. The van der Waals surface area contributed by atoms with E-state index in [-0.39, 0.29) is 28.9 Å². The molecule has 0 rings (SSSR count). The second-order valence-electron chi connectivity index (χ2n) is 10.5. The first-order chi connectivity index (χ1) is 18.2. The van der Waals surface area contributed by atoms with Gasteiger partial charge in [0.15, 0.2) is 0 Å². The van der Waals surface area contributed by atoms with Gasteiger partial charge in [0.25, 0.3) is 0 Å². The molecule has 0 amide bonds. The SMILES string of the molecule is CCCCCCCCCCCCSC(=O)S[C@@H](C(=O)OCC)/C(C)=C/CC(CC(C)C)/C(C)=C/C(=O)OC. The Kier molecular flexibility index (Phi) is 22.9. The highest BCUT2D eigenvalue weighted by atomic mass is 32.2. The highest BCUT2D eigenvalue weighted by molar-refractivity contribution is 8.39. The van der Waals surface area contributed by atoms with Crippen LogP contribution in [-0.2, 0) is 19.1 Å². The van der Waals surface area contributed by atoms with Gasteiger partial charge in [-0.3, -0.25) is 9.59 Å². The Morgan fingerprint density at radius 3 is 1.95 bits per heavy atom. The van der Waals surface area contributed by atoms with Crippen molar-refractivity contribution < 1.29 is 23.9 Å². The summed E-state index contributed by atoms with van der Waals surface area (Å²) in [6.45, 7) is 12.4. The minimum absolute atomic E-state index is 0.0350. The lowest BCUT2D eigenvalue weighted by Gasteiger charge is -2.20. The summed E-state index contributed by atoms with van der Waals surface area (Å²) in [7, 11) is 1.38. The first-order valence-electron chi connectivity index (χ1n) is 14.6. The quantitative estimate of drug-likeness (QED) is 0.0589. The number of unbranched alkanes of at least 4 members (excludes halogenated alkanes) is 9. The normalized spacial score (nSPS) is 13.9. The van der Waals surface area contributed by atoms with Gasteiger partial charge in [-0.05, 0) is 51.9 Å². The summed E-state index contributed by atoms with van der Waals surface area (Å²) in [6.07, 6.45) is 17.8. The Hall–Kier alpha value is -1.21. The van der Waals surface area contributed by atoms with E-state index in [1.165, 1.54) is 70.2 Å². The third kappa shape index (κ3) is 18.9. The number of rotatable bonds is 21. The maximum atomic E-state index is 12.7. The van der Waals surface area contributed by atoms with Gasteiger partial charge in [0.1, 0.15) is 5.25 Å². The van der Waals surface area contributed by atoms with E-state index in [1.54, 1.807) is 13.0 Å². The zero-order valence-electron chi connectivity index (χ0n) is 25.1. The van der Waals surface area contributed by atoms with E-state index in [4.69, 9.17) is 9.47 Å². The highest BCUT2D eigenvalue weighted by Gasteiger charge is 2.26. The predicted molar refractivity (Wildman–Crippen MR) is 165 cm³/mol. The van der Waals surface area contributed by atoms with Crippen molar-refractivity contribution in [3.05, 3.63) is 23.3 Å². The summed E-state index contributed by atoms with van der Waals surface area (Å²) >= 11 is 2.37. The molecule has 0 saturated heterocycles. The lowest BCUT2D eigenvalue weighted by atomic mass is 9.87. The molecule has 0 aromatic rings. The Labute approximate surface area is 241 Å². The molecule has 0 radical (unpaired) electrons. The zero-order chi connectivity index (χ0) is 28.8. The summed E-state index contributed by atoms with van der Waals surface area (Å²) in [6, 6.07) is 0. The molecule has 0 spiro atoms. The lowest BCUT2D eigenvalue weighted by molar-refractivity contribution is -0.141. The molecule has 0 bridgehead atoms. The van der Waals surface area contributed by atoms with Crippen LogP contribution in [0.2, 0.25) is 0 Å². The van der Waals surface area contributed by atoms with E-state index in [1.807, 2.05) is 19.9 Å². The van der Waals surface area contributed by atoms with Crippen LogP contribution in [-0.4, -0.2) is 41.1 Å². The number of hydrogen-bond acceptors (Lipinski definition) is 7. The monoisotopic (exact) mass is 570 g/mol. The molecule has 0 saturated carbocycles. The zero-order valence-corrected chi connectivity index (χ0v) is 26.8. The van der Waals surface area contributed by atoms with Crippen molar-refractivity contribution in [2.24, 2.45) is 11.8 Å². The molecule has 0 aliphatic heterocycles. The first-order valence-corrected chi connectivity index (χ1v) is 16.4. The minimum Gasteiger partial charge on any atom is -0.466 e. The Balaban J connectivity index is 4.83. The van der Waals surface area contributed by atoms with Crippen LogP contribution in [0.25, 0.3) is 0 Å². The standard InChI is InChI=1S/C31H54O5S2/c1-8-10-11-12-13-14-15-16-17-18-21-37-31(34)38-29(30(33)36-9-2)25(5)19-20-27(22-24(3)4)26(6)23-28(32)35-7/h19,23-24,27,29H,8-18,20-22H2,1-7H3/b25-19+,26-23+/t27?,29-/m1/s1. The molecule has 0 fully saturated rings. The molecule has 0 aliphatic carbocycles. The predicted octanol–water partition coefficient (Wildman–Crippen LogP) is 9.54. The molecule has 0 heterocycles. The smallest absolute Gasteiger partial charge is 0.330 e. The number of allylic oxidation sites excluding steroid dienone is 2. The van der Waals surface area contributed by atoms with Gasteiger partial charge in [-0.25, -0.2) is 4.79 Å². The van der Waals surface area contributed by atoms with Crippen molar-refractivity contribution in [2.45, 2.75) is 124 Å². The van der Waals surface area contributed by atoms with E-state index in [9.17, 15) is 14.4 Å². The van der Waals surface area contributed by atoms with Gasteiger partial charge in [0, 0.05) is 11.8 Å². The molecule has 0 aromatic heterocycles. The summed E-state index contributed by atoms with van der Waals surface area (Å²) in [5.41, 5.74) is 1.78. The largest absolute Gasteiger partial charge is 0.466 e. The number of esters is 2. The van der Waals surface area contributed by atoms with Gasteiger partial charge in [-0.2, -0.15) is 0 Å². The number of methoxy groups -OCH3 is 1. The van der Waals surface area contributed by atoms with Crippen LogP contribution in [0, 0.1) is 11.8 Å². The highest BCUT2D eigenvalue weighted by Crippen LogP contribution is 2.30. The van der Waals surface area contributed by atoms with Crippen molar-refractivity contribution >= 4 is 39.9 Å². The fraction of sp³-hybridized carbons (Fsp3) is 0.774. The Morgan fingerprint density at radius 2 is 1.42 bits per heavy atom. The second-order valence-corrected chi connectivity index (χ2v) is 12.9. The molecule has 1 unspecified atom stereocenters. The molecule has 0 aromatic carbocycles. The van der Waals surface area contributed by atoms with Crippen molar-refractivity contribution in [3.63, 3.8) is 0 Å². The number of carbonyl (C=O) groups is 3. The van der Waals surface area contributed by atoms with Crippen LogP contribution in [0.4, 0.5) is 4.79 Å². The van der Waals surface area contributed by atoms with Crippen molar-refractivity contribution in [3.8, 4) is 0 Å². The van der Waals surface area contributed by atoms with Crippen LogP contribution in [0.5, 0.6) is 0 Å². The van der Waals surface area contributed by atoms with E-state index in [0.717, 1.165) is 47.9 Å². The van der Waals surface area contributed by atoms with Gasteiger partial charge in [0.2, 0.25) is 4.45 Å². The minimum atomic E-state index is -0.646. The average molecular weight is 571 g/mol. The van der Waals surface area contributed by atoms with Gasteiger partial charge >= 0.3 is 11.9 Å². The molecular weight excluding hydrogens is 516 g/mol. The van der Waals surface area contributed by atoms with Gasteiger partial charge < -0.3 is 9.47 Å². The van der Waals surface area contributed by atoms with E-state index in [0.29, 0.717) is 12.3 Å². The first kappa shape index (κ1) is 36.8. The number of hydrogen-bond donors (Lipinski definition) is 0. The maximum Gasteiger partial charge on any atom is 0.330 e.